The van der Waals surface area contributed by atoms with Gasteiger partial charge in [-0.25, -0.2) is 0 Å². The molecule has 0 aliphatic carbocycles. The molecule has 3 nitrogen and oxygen atoms in total. The molecule has 0 fully saturated rings. The van der Waals surface area contributed by atoms with Crippen LogP contribution in [0.2, 0.25) is 0 Å². The number of para-hydroxylation sites is 1. The minimum absolute atomic E-state index is 0. The van der Waals surface area contributed by atoms with E-state index in [0.29, 0.717) is 12.2 Å². The van der Waals surface area contributed by atoms with E-state index in [4.69, 9.17) is 4.18 Å². The summed E-state index contributed by atoms with van der Waals surface area (Å²) in [5.41, 5.74) is 0. The Hall–Kier alpha value is 0.670. The van der Waals surface area contributed by atoms with Gasteiger partial charge in [0.05, 0.1) is 5.75 Å². The zero-order valence-electron chi connectivity index (χ0n) is 9.91. The summed E-state index contributed by atoms with van der Waals surface area (Å²) in [6.07, 6.45) is 0.349. The van der Waals surface area contributed by atoms with E-state index >= 15 is 0 Å². The van der Waals surface area contributed by atoms with Crippen LogP contribution in [-0.2, 0) is 10.1 Å². The molecule has 1 rings (SSSR count). The molecule has 0 N–H and O–H groups in total. The molecular formula is C9H13NaO3S3. The van der Waals surface area contributed by atoms with Crippen LogP contribution in [0.15, 0.2) is 30.3 Å². The van der Waals surface area contributed by atoms with Gasteiger partial charge in [0, 0.05) is 4.58 Å². The third-order valence-corrected chi connectivity index (χ3v) is 3.29. The molecule has 0 aromatic heterocycles. The van der Waals surface area contributed by atoms with Gasteiger partial charge in [-0.15, -0.1) is 0 Å². The van der Waals surface area contributed by atoms with Crippen LogP contribution < -0.4 is 33.7 Å². The van der Waals surface area contributed by atoms with Crippen molar-refractivity contribution in [2.45, 2.75) is 11.0 Å². The van der Waals surface area contributed by atoms with Crippen molar-refractivity contribution in [1.82, 2.24) is 0 Å². The Morgan fingerprint density at radius 1 is 1.25 bits per heavy atom. The monoisotopic (exact) mass is 288 g/mol. The van der Waals surface area contributed by atoms with Gasteiger partial charge in [0.2, 0.25) is 0 Å². The van der Waals surface area contributed by atoms with E-state index in [-0.39, 0.29) is 41.3 Å². The van der Waals surface area contributed by atoms with Crippen LogP contribution in [0.3, 0.4) is 0 Å². The maximum absolute atomic E-state index is 11.4. The summed E-state index contributed by atoms with van der Waals surface area (Å²) in [5.74, 6) is 0.243. The summed E-state index contributed by atoms with van der Waals surface area (Å²) in [6.45, 7) is 0. The number of benzene rings is 1. The average Bonchev–Trinajstić information content (AvgIpc) is 2.16. The van der Waals surface area contributed by atoms with Crippen molar-refractivity contribution >= 4 is 35.4 Å². The van der Waals surface area contributed by atoms with Crippen molar-refractivity contribution in [3.05, 3.63) is 30.3 Å². The molecule has 0 bridgehead atoms. The Labute approximate surface area is 131 Å². The Morgan fingerprint density at radius 2 is 1.81 bits per heavy atom. The molecule has 0 radical (unpaired) electrons. The minimum atomic E-state index is -3.53. The van der Waals surface area contributed by atoms with Crippen molar-refractivity contribution in [3.8, 4) is 5.75 Å². The summed E-state index contributed by atoms with van der Waals surface area (Å²) >= 11 is 7.96. The number of rotatable bonds is 5. The van der Waals surface area contributed by atoms with Crippen molar-refractivity contribution in [1.29, 1.82) is 0 Å². The van der Waals surface area contributed by atoms with Gasteiger partial charge in [-0.1, -0.05) is 18.2 Å². The summed E-state index contributed by atoms with van der Waals surface area (Å²) < 4.78 is 27.4. The van der Waals surface area contributed by atoms with Gasteiger partial charge < -0.3 is 5.61 Å². The third-order valence-electron chi connectivity index (χ3n) is 1.59. The van der Waals surface area contributed by atoms with Crippen LogP contribution >= 0.6 is 25.3 Å². The van der Waals surface area contributed by atoms with Gasteiger partial charge >= 0.3 is 39.7 Å². The predicted molar refractivity (Wildman–Crippen MR) is 68.3 cm³/mol. The van der Waals surface area contributed by atoms with Crippen molar-refractivity contribution in [2.75, 3.05) is 5.75 Å². The molecule has 0 atom stereocenters. The van der Waals surface area contributed by atoms with Crippen molar-refractivity contribution in [2.24, 2.45) is 0 Å². The molecule has 0 heterocycles. The van der Waals surface area contributed by atoms with Gasteiger partial charge in [-0.05, 0) is 18.6 Å². The first-order valence-corrected chi connectivity index (χ1v) is 6.94. The van der Waals surface area contributed by atoms with E-state index in [0.717, 1.165) is 0 Å². The molecular weight excluding hydrogens is 275 g/mol. The maximum Gasteiger partial charge on any atom is 1.00 e. The average molecular weight is 288 g/mol. The van der Waals surface area contributed by atoms with E-state index < -0.39 is 10.1 Å². The maximum atomic E-state index is 11.4. The van der Waals surface area contributed by atoms with Gasteiger partial charge in [-0.3, -0.25) is 0 Å². The van der Waals surface area contributed by atoms with Crippen molar-refractivity contribution in [3.63, 3.8) is 0 Å². The minimum Gasteiger partial charge on any atom is -1.00 e. The first kappa shape index (κ1) is 16.7. The molecule has 16 heavy (non-hydrogen) atoms. The third kappa shape index (κ3) is 7.09. The normalized spacial score (nSPS) is 10.9. The largest absolute Gasteiger partial charge is 1.00 e. The van der Waals surface area contributed by atoms with Crippen LogP contribution in [0.5, 0.6) is 5.75 Å². The Kier molecular flexibility index (Phi) is 8.22. The molecule has 0 spiro atoms. The second-order valence-corrected chi connectivity index (χ2v) is 6.27. The van der Waals surface area contributed by atoms with E-state index in [1.807, 2.05) is 0 Å². The summed E-state index contributed by atoms with van der Waals surface area (Å²) in [4.78, 5) is 0. The molecule has 0 aliphatic rings. The van der Waals surface area contributed by atoms with Gasteiger partial charge in [0.15, 0.2) is 0 Å². The van der Waals surface area contributed by atoms with Crippen LogP contribution in [0, 0.1) is 0 Å². The molecule has 0 saturated heterocycles. The van der Waals surface area contributed by atoms with E-state index in [1.54, 1.807) is 30.3 Å². The Balaban J connectivity index is 0. The number of hydrogen-bond acceptors (Lipinski definition) is 5. The van der Waals surface area contributed by atoms with Gasteiger partial charge in [0.25, 0.3) is 0 Å². The number of thiol groups is 2. The molecule has 0 saturated carbocycles. The van der Waals surface area contributed by atoms with Crippen LogP contribution in [0.4, 0.5) is 0 Å². The molecule has 0 unspecified atom stereocenters. The fourth-order valence-corrected chi connectivity index (χ4v) is 2.53. The zero-order chi connectivity index (χ0) is 11.3. The zero-order valence-corrected chi connectivity index (χ0v) is 13.5. The fraction of sp³-hybridized carbons (Fsp3) is 0.333. The Bertz CT molecular complexity index is 397. The first-order chi connectivity index (χ1) is 6.99. The second-order valence-electron chi connectivity index (χ2n) is 2.93. The SMILES string of the molecule is O=S(=O)(CCC(S)S)Oc1ccccc1.[H-].[Na+]. The summed E-state index contributed by atoms with van der Waals surface area (Å²) in [7, 11) is -3.53. The van der Waals surface area contributed by atoms with Crippen LogP contribution in [-0.4, -0.2) is 18.8 Å². The topological polar surface area (TPSA) is 43.4 Å². The van der Waals surface area contributed by atoms with Gasteiger partial charge in [-0.2, -0.15) is 33.7 Å². The van der Waals surface area contributed by atoms with Crippen LogP contribution in [0.1, 0.15) is 7.85 Å². The second kappa shape index (κ2) is 7.89. The molecule has 1 aromatic rings. The van der Waals surface area contributed by atoms with E-state index in [2.05, 4.69) is 25.3 Å². The van der Waals surface area contributed by atoms with Crippen LogP contribution in [0.25, 0.3) is 0 Å². The van der Waals surface area contributed by atoms with Gasteiger partial charge in [0.1, 0.15) is 5.75 Å². The fourth-order valence-electron chi connectivity index (χ4n) is 0.914. The molecule has 7 heteroatoms. The standard InChI is InChI=1S/C9H12O3S3.Na.H/c10-15(11,7-6-9(13)14)12-8-4-2-1-3-5-8;;/h1-5,9,13-14H,6-7H2;;/q;+1;-1. The smallest absolute Gasteiger partial charge is 1.00 e. The molecule has 86 valence electrons. The summed E-state index contributed by atoms with van der Waals surface area (Å²) in [5, 5.41) is 0. The molecule has 0 aliphatic heterocycles. The first-order valence-electron chi connectivity index (χ1n) is 4.33. The molecule has 1 aromatic carbocycles. The van der Waals surface area contributed by atoms with E-state index in [1.165, 1.54) is 0 Å². The van der Waals surface area contributed by atoms with Crippen molar-refractivity contribution < 1.29 is 43.6 Å². The predicted octanol–water partition coefficient (Wildman–Crippen LogP) is -0.913. The van der Waals surface area contributed by atoms with E-state index in [9.17, 15) is 8.42 Å². The Morgan fingerprint density at radius 3 is 2.31 bits per heavy atom. The number of hydrogen-bond donors (Lipinski definition) is 2. The molecule has 0 amide bonds. The summed E-state index contributed by atoms with van der Waals surface area (Å²) in [6, 6.07) is 8.40. The quantitative estimate of drug-likeness (QED) is 0.319.